The molecule has 0 N–H and O–H groups in total. The predicted molar refractivity (Wildman–Crippen MR) is 62.6 cm³/mol. The van der Waals surface area contributed by atoms with Crippen LogP contribution in [-0.4, -0.2) is 20.9 Å². The average molecular weight is 267 g/mol. The van der Waals surface area contributed by atoms with Crippen molar-refractivity contribution in [1.82, 2.24) is 14.8 Å². The van der Waals surface area contributed by atoms with E-state index in [4.69, 9.17) is 0 Å². The molecular formula is C13H12F3N3. The van der Waals surface area contributed by atoms with Gasteiger partial charge in [-0.2, -0.15) is 18.3 Å². The standard InChI is InChI=1S/C13H12F3N3/c14-13(15,16)7-19-12(17-8-18-19)11-6-10(11)9-4-2-1-3-5-9/h1-5,8,10-11H,6-7H2/t10-,11+/m0/s1. The molecule has 1 saturated carbocycles. The number of rotatable bonds is 3. The fourth-order valence-electron chi connectivity index (χ4n) is 2.40. The Morgan fingerprint density at radius 2 is 1.89 bits per heavy atom. The van der Waals surface area contributed by atoms with E-state index in [2.05, 4.69) is 10.1 Å². The molecule has 0 spiro atoms. The summed E-state index contributed by atoms with van der Waals surface area (Å²) < 4.78 is 38.2. The van der Waals surface area contributed by atoms with Crippen LogP contribution in [0.4, 0.5) is 13.2 Å². The SMILES string of the molecule is FC(F)(F)Cn1ncnc1[C@@H]1C[C@H]1c1ccccc1. The van der Waals surface area contributed by atoms with Gasteiger partial charge in [0.2, 0.25) is 0 Å². The summed E-state index contributed by atoms with van der Waals surface area (Å²) >= 11 is 0. The van der Waals surface area contributed by atoms with Crippen LogP contribution in [0.5, 0.6) is 0 Å². The highest BCUT2D eigenvalue weighted by Gasteiger charge is 2.43. The van der Waals surface area contributed by atoms with E-state index < -0.39 is 12.7 Å². The van der Waals surface area contributed by atoms with Crippen LogP contribution in [0.15, 0.2) is 36.7 Å². The van der Waals surface area contributed by atoms with Gasteiger partial charge in [-0.25, -0.2) is 9.67 Å². The van der Waals surface area contributed by atoms with Crippen LogP contribution < -0.4 is 0 Å². The van der Waals surface area contributed by atoms with Crippen LogP contribution in [0.1, 0.15) is 29.6 Å². The molecular weight excluding hydrogens is 255 g/mol. The number of benzene rings is 1. The van der Waals surface area contributed by atoms with Gasteiger partial charge in [0, 0.05) is 5.92 Å². The van der Waals surface area contributed by atoms with Crippen LogP contribution in [0.2, 0.25) is 0 Å². The molecule has 0 bridgehead atoms. The molecule has 1 aromatic heterocycles. The maximum absolute atomic E-state index is 12.4. The molecule has 2 atom stereocenters. The maximum atomic E-state index is 12.4. The summed E-state index contributed by atoms with van der Waals surface area (Å²) in [5.41, 5.74) is 1.15. The summed E-state index contributed by atoms with van der Waals surface area (Å²) in [6.45, 7) is -1.07. The van der Waals surface area contributed by atoms with Crippen molar-refractivity contribution in [2.24, 2.45) is 0 Å². The molecule has 6 heteroatoms. The molecule has 1 heterocycles. The first-order chi connectivity index (χ1) is 9.04. The molecule has 0 saturated heterocycles. The van der Waals surface area contributed by atoms with E-state index in [0.717, 1.165) is 16.7 Å². The Morgan fingerprint density at radius 3 is 2.58 bits per heavy atom. The van der Waals surface area contributed by atoms with Gasteiger partial charge in [0.1, 0.15) is 18.7 Å². The molecule has 19 heavy (non-hydrogen) atoms. The zero-order valence-corrected chi connectivity index (χ0v) is 10.0. The lowest BCUT2D eigenvalue weighted by atomic mass is 10.1. The summed E-state index contributed by atoms with van der Waals surface area (Å²) in [6, 6.07) is 9.79. The van der Waals surface area contributed by atoms with E-state index in [1.165, 1.54) is 6.33 Å². The lowest BCUT2D eigenvalue weighted by Gasteiger charge is -2.08. The number of halogens is 3. The highest BCUT2D eigenvalue weighted by Crippen LogP contribution is 2.53. The van der Waals surface area contributed by atoms with E-state index >= 15 is 0 Å². The first kappa shape index (κ1) is 12.2. The van der Waals surface area contributed by atoms with Gasteiger partial charge in [0.25, 0.3) is 0 Å². The lowest BCUT2D eigenvalue weighted by molar-refractivity contribution is -0.143. The number of alkyl halides is 3. The molecule has 3 rings (SSSR count). The highest BCUT2D eigenvalue weighted by atomic mass is 19.4. The predicted octanol–water partition coefficient (Wildman–Crippen LogP) is 3.11. The van der Waals surface area contributed by atoms with Crippen molar-refractivity contribution in [2.75, 3.05) is 0 Å². The second kappa shape index (κ2) is 4.36. The summed E-state index contributed by atoms with van der Waals surface area (Å²) in [7, 11) is 0. The second-order valence-corrected chi connectivity index (χ2v) is 4.75. The van der Waals surface area contributed by atoms with Gasteiger partial charge in [-0.3, -0.25) is 0 Å². The topological polar surface area (TPSA) is 30.7 Å². The van der Waals surface area contributed by atoms with Crippen LogP contribution in [-0.2, 0) is 6.54 Å². The maximum Gasteiger partial charge on any atom is 0.408 e. The molecule has 1 aromatic carbocycles. The summed E-state index contributed by atoms with van der Waals surface area (Å²) in [5, 5.41) is 3.68. The van der Waals surface area contributed by atoms with Gasteiger partial charge in [-0.05, 0) is 17.9 Å². The summed E-state index contributed by atoms with van der Waals surface area (Å²) in [6.07, 6.45) is -2.23. The van der Waals surface area contributed by atoms with Gasteiger partial charge in [0.15, 0.2) is 0 Å². The normalized spacial score (nSPS) is 22.5. The Hall–Kier alpha value is -1.85. The van der Waals surface area contributed by atoms with Crippen molar-refractivity contribution in [3.63, 3.8) is 0 Å². The number of aromatic nitrogens is 3. The number of hydrogen-bond donors (Lipinski definition) is 0. The average Bonchev–Trinajstić information content (AvgIpc) is 3.03. The van der Waals surface area contributed by atoms with Gasteiger partial charge in [-0.1, -0.05) is 30.3 Å². The fraction of sp³-hybridized carbons (Fsp3) is 0.385. The largest absolute Gasteiger partial charge is 0.408 e. The van der Waals surface area contributed by atoms with E-state index in [1.54, 1.807) is 0 Å². The van der Waals surface area contributed by atoms with Gasteiger partial charge in [0.05, 0.1) is 0 Å². The number of hydrogen-bond acceptors (Lipinski definition) is 2. The minimum atomic E-state index is -4.26. The first-order valence-electron chi connectivity index (χ1n) is 6.04. The molecule has 3 nitrogen and oxygen atoms in total. The summed E-state index contributed by atoms with van der Waals surface area (Å²) in [5.74, 6) is 0.746. The molecule has 1 aliphatic carbocycles. The smallest absolute Gasteiger partial charge is 0.241 e. The molecule has 0 aliphatic heterocycles. The van der Waals surface area contributed by atoms with E-state index in [1.807, 2.05) is 30.3 Å². The molecule has 100 valence electrons. The molecule has 1 fully saturated rings. The first-order valence-corrected chi connectivity index (χ1v) is 6.04. The Kier molecular flexibility index (Phi) is 2.80. The third-order valence-corrected chi connectivity index (χ3v) is 3.32. The molecule has 0 radical (unpaired) electrons. The second-order valence-electron chi connectivity index (χ2n) is 4.75. The third kappa shape index (κ3) is 2.62. The molecule has 0 unspecified atom stereocenters. The Morgan fingerprint density at radius 1 is 1.16 bits per heavy atom. The van der Waals surface area contributed by atoms with E-state index in [9.17, 15) is 13.2 Å². The molecule has 2 aromatic rings. The minimum absolute atomic E-state index is 0.0484. The van der Waals surface area contributed by atoms with E-state index in [-0.39, 0.29) is 11.8 Å². The monoisotopic (exact) mass is 267 g/mol. The zero-order chi connectivity index (χ0) is 13.5. The Balaban J connectivity index is 1.77. The number of nitrogens with zero attached hydrogens (tertiary/aromatic N) is 3. The fourth-order valence-corrected chi connectivity index (χ4v) is 2.40. The Labute approximate surface area is 108 Å². The zero-order valence-electron chi connectivity index (χ0n) is 10.0. The van der Waals surface area contributed by atoms with Gasteiger partial charge < -0.3 is 0 Å². The van der Waals surface area contributed by atoms with Crippen molar-refractivity contribution < 1.29 is 13.2 Å². The van der Waals surface area contributed by atoms with Crippen LogP contribution >= 0.6 is 0 Å². The van der Waals surface area contributed by atoms with Crippen molar-refractivity contribution in [3.05, 3.63) is 48.0 Å². The summed E-state index contributed by atoms with van der Waals surface area (Å²) in [4.78, 5) is 3.99. The van der Waals surface area contributed by atoms with E-state index in [0.29, 0.717) is 5.82 Å². The molecule has 1 aliphatic rings. The highest BCUT2D eigenvalue weighted by molar-refractivity contribution is 5.31. The lowest BCUT2D eigenvalue weighted by Crippen LogP contribution is -2.20. The van der Waals surface area contributed by atoms with Gasteiger partial charge >= 0.3 is 6.18 Å². The minimum Gasteiger partial charge on any atom is -0.241 e. The van der Waals surface area contributed by atoms with Crippen molar-refractivity contribution >= 4 is 0 Å². The quantitative estimate of drug-likeness (QED) is 0.855. The van der Waals surface area contributed by atoms with Crippen molar-refractivity contribution in [3.8, 4) is 0 Å². The van der Waals surface area contributed by atoms with Crippen molar-refractivity contribution in [2.45, 2.75) is 31.0 Å². The molecule has 0 amide bonds. The van der Waals surface area contributed by atoms with Crippen LogP contribution in [0.3, 0.4) is 0 Å². The van der Waals surface area contributed by atoms with Crippen molar-refractivity contribution in [1.29, 1.82) is 0 Å². The Bertz CT molecular complexity index is 562. The van der Waals surface area contributed by atoms with Gasteiger partial charge in [-0.15, -0.1) is 0 Å². The third-order valence-electron chi connectivity index (χ3n) is 3.32. The van der Waals surface area contributed by atoms with Crippen LogP contribution in [0, 0.1) is 0 Å². The van der Waals surface area contributed by atoms with Crippen LogP contribution in [0.25, 0.3) is 0 Å².